The lowest BCUT2D eigenvalue weighted by atomic mass is 10.1. The van der Waals surface area contributed by atoms with Crippen LogP contribution in [0.3, 0.4) is 0 Å². The second kappa shape index (κ2) is 9.98. The number of carboxylic acids is 2. The molecule has 0 radical (unpaired) electrons. The Kier molecular flexibility index (Phi) is 11.0. The molecule has 5 nitrogen and oxygen atoms in total. The zero-order valence-electron chi connectivity index (χ0n) is 9.37. The second-order valence-electron chi connectivity index (χ2n) is 3.06. The Morgan fingerprint density at radius 3 is 1.36 bits per heavy atom. The summed E-state index contributed by atoms with van der Waals surface area (Å²) in [6, 6.07) is 0. The summed E-state index contributed by atoms with van der Waals surface area (Å²) in [5.41, 5.74) is 0. The van der Waals surface area contributed by atoms with Crippen molar-refractivity contribution >= 4 is 11.9 Å². The van der Waals surface area contributed by atoms with Gasteiger partial charge in [-0.15, -0.1) is 0 Å². The summed E-state index contributed by atoms with van der Waals surface area (Å²) < 4.78 is 0. The van der Waals surface area contributed by atoms with E-state index in [1.807, 2.05) is 0 Å². The molecule has 0 saturated heterocycles. The molecule has 0 aliphatic carbocycles. The summed E-state index contributed by atoms with van der Waals surface area (Å²) >= 11 is 0. The first-order valence-electron chi connectivity index (χ1n) is 4.56. The van der Waals surface area contributed by atoms with Crippen molar-refractivity contribution in [3.63, 3.8) is 0 Å². The lowest BCUT2D eigenvalue weighted by molar-refractivity contribution is -0.138. The van der Waals surface area contributed by atoms with E-state index in [9.17, 15) is 9.59 Å². The van der Waals surface area contributed by atoms with Crippen LogP contribution in [0, 0.1) is 0 Å². The maximum absolute atomic E-state index is 10.1. The Balaban J connectivity index is -0.000000720. The SMILES string of the molecule is N.O=C(O)CCCCCCCC(=O)O.[H+]. The van der Waals surface area contributed by atoms with Crippen LogP contribution in [0.5, 0.6) is 0 Å². The molecule has 0 fully saturated rings. The van der Waals surface area contributed by atoms with E-state index in [1.165, 1.54) is 0 Å². The van der Waals surface area contributed by atoms with Gasteiger partial charge in [0.2, 0.25) is 0 Å². The fourth-order valence-electron chi connectivity index (χ4n) is 1.08. The van der Waals surface area contributed by atoms with Gasteiger partial charge in [-0.1, -0.05) is 19.3 Å². The third kappa shape index (κ3) is 13.5. The topological polar surface area (TPSA) is 110 Å². The fourth-order valence-corrected chi connectivity index (χ4v) is 1.08. The lowest BCUT2D eigenvalue weighted by Crippen LogP contribution is -1.95. The molecule has 0 bridgehead atoms. The molecular formula is C9H20NO4+. The third-order valence-corrected chi connectivity index (χ3v) is 1.78. The maximum atomic E-state index is 10.1. The van der Waals surface area contributed by atoms with E-state index in [2.05, 4.69) is 0 Å². The van der Waals surface area contributed by atoms with Gasteiger partial charge in [0.05, 0.1) is 0 Å². The van der Waals surface area contributed by atoms with Crippen molar-refractivity contribution in [2.24, 2.45) is 0 Å². The van der Waals surface area contributed by atoms with Gasteiger partial charge >= 0.3 is 13.4 Å². The van der Waals surface area contributed by atoms with Crippen molar-refractivity contribution < 1.29 is 21.2 Å². The summed E-state index contributed by atoms with van der Waals surface area (Å²) in [7, 11) is 0. The Morgan fingerprint density at radius 2 is 1.07 bits per heavy atom. The predicted octanol–water partition coefficient (Wildman–Crippen LogP) is 2.16. The first-order chi connectivity index (χ1) is 6.13. The van der Waals surface area contributed by atoms with Gasteiger partial charge in [-0.05, 0) is 12.8 Å². The number of carbonyl (C=O) groups is 2. The predicted molar refractivity (Wildman–Crippen MR) is 53.7 cm³/mol. The van der Waals surface area contributed by atoms with Crippen LogP contribution >= 0.6 is 0 Å². The van der Waals surface area contributed by atoms with Crippen molar-refractivity contribution in [1.82, 2.24) is 6.15 Å². The number of unbranched alkanes of at least 4 members (excludes halogenated alkanes) is 4. The van der Waals surface area contributed by atoms with Gasteiger partial charge < -0.3 is 16.4 Å². The van der Waals surface area contributed by atoms with E-state index < -0.39 is 11.9 Å². The summed E-state index contributed by atoms with van der Waals surface area (Å²) in [4.78, 5) is 20.2. The highest BCUT2D eigenvalue weighted by molar-refractivity contribution is 5.66. The standard InChI is InChI=1S/C9H16O4.H3N/c10-8(11)6-4-2-1-3-5-7-9(12)13;/h1-7H2,(H,10,11)(H,12,13);1H3/p+1. The molecule has 5 N–H and O–H groups in total. The highest BCUT2D eigenvalue weighted by Crippen LogP contribution is 2.06. The quantitative estimate of drug-likeness (QED) is 0.527. The number of carboxylic acid groups (broad SMARTS) is 2. The van der Waals surface area contributed by atoms with Crippen LogP contribution in [0.2, 0.25) is 0 Å². The van der Waals surface area contributed by atoms with Crippen molar-refractivity contribution in [3.8, 4) is 0 Å². The molecule has 14 heavy (non-hydrogen) atoms. The zero-order chi connectivity index (χ0) is 10.1. The highest BCUT2D eigenvalue weighted by Gasteiger charge is 1.98. The minimum Gasteiger partial charge on any atom is -0.481 e. The molecule has 0 saturated carbocycles. The molecule has 5 heteroatoms. The molecule has 0 amide bonds. The Bertz CT molecular complexity index is 157. The Morgan fingerprint density at radius 1 is 0.786 bits per heavy atom. The largest absolute Gasteiger partial charge is 1.00 e. The smallest absolute Gasteiger partial charge is 0.481 e. The van der Waals surface area contributed by atoms with E-state index >= 15 is 0 Å². The van der Waals surface area contributed by atoms with Crippen LogP contribution in [0.4, 0.5) is 0 Å². The Hall–Kier alpha value is -1.10. The molecule has 0 atom stereocenters. The zero-order valence-corrected chi connectivity index (χ0v) is 8.37. The van der Waals surface area contributed by atoms with Gasteiger partial charge in [0.1, 0.15) is 0 Å². The third-order valence-electron chi connectivity index (χ3n) is 1.78. The number of aliphatic carboxylic acids is 2. The molecule has 0 unspecified atom stereocenters. The van der Waals surface area contributed by atoms with Crippen LogP contribution in [-0.2, 0) is 9.59 Å². The average Bonchev–Trinajstić information content (AvgIpc) is 2.01. The highest BCUT2D eigenvalue weighted by atomic mass is 16.4. The first-order valence-corrected chi connectivity index (χ1v) is 4.56. The minimum atomic E-state index is -0.759. The summed E-state index contributed by atoms with van der Waals surface area (Å²) in [5, 5.41) is 16.6. The molecule has 0 aromatic carbocycles. The number of rotatable bonds is 8. The van der Waals surface area contributed by atoms with Crippen molar-refractivity contribution in [1.29, 1.82) is 0 Å². The van der Waals surface area contributed by atoms with Gasteiger partial charge in [0.15, 0.2) is 0 Å². The van der Waals surface area contributed by atoms with Crippen molar-refractivity contribution in [2.45, 2.75) is 44.9 Å². The second-order valence-corrected chi connectivity index (χ2v) is 3.06. The average molecular weight is 206 g/mol. The molecule has 0 rings (SSSR count). The maximum Gasteiger partial charge on any atom is 1.00 e. The van der Waals surface area contributed by atoms with E-state index in [-0.39, 0.29) is 20.4 Å². The molecule has 0 aromatic heterocycles. The fraction of sp³-hybridized carbons (Fsp3) is 0.778. The van der Waals surface area contributed by atoms with Crippen molar-refractivity contribution in [2.75, 3.05) is 0 Å². The molecule has 0 aliphatic rings. The molecule has 84 valence electrons. The van der Waals surface area contributed by atoms with Gasteiger partial charge in [0, 0.05) is 12.8 Å². The van der Waals surface area contributed by atoms with E-state index in [0.29, 0.717) is 12.8 Å². The van der Waals surface area contributed by atoms with Crippen LogP contribution in [0.15, 0.2) is 0 Å². The Labute approximate surface area is 85.2 Å². The van der Waals surface area contributed by atoms with Crippen LogP contribution in [-0.4, -0.2) is 22.2 Å². The molecular weight excluding hydrogens is 186 g/mol. The molecule has 0 spiro atoms. The minimum absolute atomic E-state index is 0. The monoisotopic (exact) mass is 206 g/mol. The van der Waals surface area contributed by atoms with E-state index in [0.717, 1.165) is 19.3 Å². The molecule has 0 aliphatic heterocycles. The van der Waals surface area contributed by atoms with Crippen molar-refractivity contribution in [3.05, 3.63) is 0 Å². The molecule has 0 heterocycles. The van der Waals surface area contributed by atoms with E-state index in [4.69, 9.17) is 10.2 Å². The van der Waals surface area contributed by atoms with Gasteiger partial charge in [-0.3, -0.25) is 9.59 Å². The van der Waals surface area contributed by atoms with Crippen LogP contribution in [0.1, 0.15) is 46.4 Å². The number of hydrogen-bond acceptors (Lipinski definition) is 3. The van der Waals surface area contributed by atoms with Gasteiger partial charge in [-0.25, -0.2) is 0 Å². The normalized spacial score (nSPS) is 9.14. The number of hydrogen-bond donors (Lipinski definition) is 3. The summed E-state index contributed by atoms with van der Waals surface area (Å²) in [5.74, 6) is -1.52. The van der Waals surface area contributed by atoms with Gasteiger partial charge in [-0.2, -0.15) is 0 Å². The van der Waals surface area contributed by atoms with E-state index in [1.54, 1.807) is 0 Å². The molecule has 0 aromatic rings. The summed E-state index contributed by atoms with van der Waals surface area (Å²) in [6.07, 6.45) is 4.53. The first kappa shape index (κ1) is 15.4. The van der Waals surface area contributed by atoms with Crippen LogP contribution in [0.25, 0.3) is 0 Å². The van der Waals surface area contributed by atoms with Gasteiger partial charge in [0.25, 0.3) is 0 Å². The lowest BCUT2D eigenvalue weighted by Gasteiger charge is -1.97. The summed E-state index contributed by atoms with van der Waals surface area (Å²) in [6.45, 7) is 0. The van der Waals surface area contributed by atoms with Crippen LogP contribution < -0.4 is 6.15 Å².